The van der Waals surface area contributed by atoms with Gasteiger partial charge in [0.2, 0.25) is 0 Å². The van der Waals surface area contributed by atoms with Gasteiger partial charge in [-0.3, -0.25) is 4.79 Å². The van der Waals surface area contributed by atoms with Crippen molar-refractivity contribution < 1.29 is 14.3 Å². The average molecular weight is 314 g/mol. The minimum Gasteiger partial charge on any atom is -0.468 e. The van der Waals surface area contributed by atoms with Crippen LogP contribution in [0.3, 0.4) is 0 Å². The number of fused-ring (bicyclic) bond motifs is 1. The van der Waals surface area contributed by atoms with Gasteiger partial charge in [-0.15, -0.1) is 0 Å². The molecule has 1 N–H and O–H groups in total. The molecule has 0 aliphatic heterocycles. The molecule has 1 heterocycles. The molecule has 1 aromatic heterocycles. The van der Waals surface area contributed by atoms with Crippen LogP contribution >= 0.6 is 0 Å². The molecular weight excluding hydrogens is 296 g/mol. The Morgan fingerprint density at radius 1 is 1.35 bits per heavy atom. The average Bonchev–Trinajstić information content (AvgIpc) is 2.59. The zero-order valence-corrected chi connectivity index (χ0v) is 13.1. The second-order valence-electron chi connectivity index (χ2n) is 4.66. The fourth-order valence-electron chi connectivity index (χ4n) is 2.07. The van der Waals surface area contributed by atoms with Crippen LogP contribution in [0.15, 0.2) is 24.3 Å². The number of methoxy groups -OCH3 is 1. The Kier molecular flexibility index (Phi) is 5.83. The number of ether oxygens (including phenoxy) is 2. The molecule has 0 spiro atoms. The molecule has 0 aliphatic rings. The number of anilines is 1. The van der Waals surface area contributed by atoms with Crippen molar-refractivity contribution in [3.8, 4) is 6.07 Å². The van der Waals surface area contributed by atoms with Gasteiger partial charge in [-0.05, 0) is 19.1 Å². The van der Waals surface area contributed by atoms with Crippen molar-refractivity contribution >= 4 is 22.8 Å². The second kappa shape index (κ2) is 8.06. The zero-order chi connectivity index (χ0) is 16.7. The number of hydrogen-bond acceptors (Lipinski definition) is 7. The Labute approximate surface area is 134 Å². The van der Waals surface area contributed by atoms with Gasteiger partial charge in [-0.1, -0.05) is 12.1 Å². The highest BCUT2D eigenvalue weighted by Crippen LogP contribution is 2.24. The Morgan fingerprint density at radius 2 is 2.04 bits per heavy atom. The number of esters is 1. The van der Waals surface area contributed by atoms with E-state index in [1.54, 1.807) is 6.07 Å². The van der Waals surface area contributed by atoms with Crippen LogP contribution in [0, 0.1) is 11.3 Å². The summed E-state index contributed by atoms with van der Waals surface area (Å²) in [6, 6.07) is 9.20. The van der Waals surface area contributed by atoms with E-state index in [2.05, 4.69) is 20.0 Å². The largest absolute Gasteiger partial charge is 0.468 e. The molecule has 1 atom stereocenters. The predicted octanol–water partition coefficient (Wildman–Crippen LogP) is 1.86. The maximum Gasteiger partial charge on any atom is 0.329 e. The molecule has 0 aliphatic carbocycles. The number of carbonyl (C=O) groups is 1. The standard InChI is InChI=1S/C16H18N4O3/c1-3-23-9-8-18-15-14(11(10-17)16(21)22-2)19-12-6-4-5-7-13(12)20-15/h4-7,11H,3,8-9H2,1-2H3,(H,18,20)/t11-/m1/s1. The molecule has 0 fully saturated rings. The summed E-state index contributed by atoms with van der Waals surface area (Å²) in [5.41, 5.74) is 1.55. The third kappa shape index (κ3) is 3.93. The smallest absolute Gasteiger partial charge is 0.329 e. The molecule has 0 radical (unpaired) electrons. The molecular formula is C16H18N4O3. The van der Waals surface area contributed by atoms with Gasteiger partial charge in [0.25, 0.3) is 0 Å². The highest BCUT2D eigenvalue weighted by atomic mass is 16.5. The van der Waals surface area contributed by atoms with E-state index in [-0.39, 0.29) is 5.69 Å². The summed E-state index contributed by atoms with van der Waals surface area (Å²) < 4.78 is 9.96. The molecule has 0 saturated heterocycles. The molecule has 7 nitrogen and oxygen atoms in total. The SMILES string of the molecule is CCOCCNc1nc2ccccc2nc1[C@@H](C#N)C(=O)OC. The van der Waals surface area contributed by atoms with Crippen LogP contribution in [0.25, 0.3) is 11.0 Å². The predicted molar refractivity (Wildman–Crippen MR) is 84.9 cm³/mol. The van der Waals surface area contributed by atoms with Gasteiger partial charge in [-0.25, -0.2) is 9.97 Å². The number of para-hydroxylation sites is 2. The molecule has 0 amide bonds. The van der Waals surface area contributed by atoms with E-state index in [4.69, 9.17) is 4.74 Å². The number of nitrogens with zero attached hydrogens (tertiary/aromatic N) is 3. The van der Waals surface area contributed by atoms with Crippen LogP contribution in [-0.2, 0) is 14.3 Å². The van der Waals surface area contributed by atoms with Crippen molar-refractivity contribution in [2.75, 3.05) is 32.2 Å². The third-order valence-electron chi connectivity index (χ3n) is 3.18. The van der Waals surface area contributed by atoms with Crippen molar-refractivity contribution in [3.05, 3.63) is 30.0 Å². The van der Waals surface area contributed by atoms with Crippen LogP contribution in [0.1, 0.15) is 18.5 Å². The highest BCUT2D eigenvalue weighted by Gasteiger charge is 2.27. The molecule has 120 valence electrons. The lowest BCUT2D eigenvalue weighted by atomic mass is 10.1. The van der Waals surface area contributed by atoms with Crippen LogP contribution in [0.2, 0.25) is 0 Å². The molecule has 7 heteroatoms. The Morgan fingerprint density at radius 3 is 2.65 bits per heavy atom. The van der Waals surface area contributed by atoms with Crippen molar-refractivity contribution in [1.82, 2.24) is 9.97 Å². The fraction of sp³-hybridized carbons (Fsp3) is 0.375. The maximum absolute atomic E-state index is 11.8. The zero-order valence-electron chi connectivity index (χ0n) is 13.1. The molecule has 0 saturated carbocycles. The summed E-state index contributed by atoms with van der Waals surface area (Å²) in [6.45, 7) is 3.50. The molecule has 1 aromatic carbocycles. The summed E-state index contributed by atoms with van der Waals surface area (Å²) in [5.74, 6) is -1.41. The lowest BCUT2D eigenvalue weighted by molar-refractivity contribution is -0.141. The third-order valence-corrected chi connectivity index (χ3v) is 3.18. The molecule has 0 bridgehead atoms. The van der Waals surface area contributed by atoms with E-state index in [1.807, 2.05) is 31.2 Å². The van der Waals surface area contributed by atoms with Crippen LogP contribution in [-0.4, -0.2) is 42.8 Å². The summed E-state index contributed by atoms with van der Waals surface area (Å²) >= 11 is 0. The number of rotatable bonds is 7. The van der Waals surface area contributed by atoms with Gasteiger partial charge < -0.3 is 14.8 Å². The Hall–Kier alpha value is -2.72. The number of nitriles is 1. The number of carbonyl (C=O) groups excluding carboxylic acids is 1. The lowest BCUT2D eigenvalue weighted by Gasteiger charge is -2.14. The summed E-state index contributed by atoms with van der Waals surface area (Å²) in [5, 5.41) is 12.4. The van der Waals surface area contributed by atoms with Crippen LogP contribution in [0.4, 0.5) is 5.82 Å². The Bertz CT molecular complexity index is 727. The normalized spacial score (nSPS) is 11.7. The van der Waals surface area contributed by atoms with Gasteiger partial charge in [0.1, 0.15) is 5.69 Å². The first-order valence-corrected chi connectivity index (χ1v) is 7.27. The minimum atomic E-state index is -1.13. The first-order chi connectivity index (χ1) is 11.2. The molecule has 2 aromatic rings. The van der Waals surface area contributed by atoms with Crippen molar-refractivity contribution in [1.29, 1.82) is 5.26 Å². The van der Waals surface area contributed by atoms with Crippen molar-refractivity contribution in [2.24, 2.45) is 0 Å². The molecule has 23 heavy (non-hydrogen) atoms. The number of nitrogens with one attached hydrogen (secondary N) is 1. The van der Waals surface area contributed by atoms with E-state index >= 15 is 0 Å². The number of benzene rings is 1. The van der Waals surface area contributed by atoms with Crippen molar-refractivity contribution in [2.45, 2.75) is 12.8 Å². The van der Waals surface area contributed by atoms with Crippen LogP contribution in [0.5, 0.6) is 0 Å². The van der Waals surface area contributed by atoms with Crippen molar-refractivity contribution in [3.63, 3.8) is 0 Å². The van der Waals surface area contributed by atoms with Gasteiger partial charge in [-0.2, -0.15) is 5.26 Å². The van der Waals surface area contributed by atoms with Gasteiger partial charge >= 0.3 is 5.97 Å². The van der Waals surface area contributed by atoms with E-state index in [9.17, 15) is 10.1 Å². The summed E-state index contributed by atoms with van der Waals surface area (Å²) in [4.78, 5) is 20.7. The van der Waals surface area contributed by atoms with E-state index in [0.29, 0.717) is 36.6 Å². The Balaban J connectivity index is 2.41. The highest BCUT2D eigenvalue weighted by molar-refractivity contribution is 5.84. The second-order valence-corrected chi connectivity index (χ2v) is 4.66. The van der Waals surface area contributed by atoms with E-state index < -0.39 is 11.9 Å². The first-order valence-electron chi connectivity index (χ1n) is 7.27. The number of aromatic nitrogens is 2. The van der Waals surface area contributed by atoms with Gasteiger partial charge in [0, 0.05) is 13.2 Å². The minimum absolute atomic E-state index is 0.259. The first kappa shape index (κ1) is 16.6. The number of hydrogen-bond donors (Lipinski definition) is 1. The van der Waals surface area contributed by atoms with Crippen LogP contribution < -0.4 is 5.32 Å². The molecule has 0 unspecified atom stereocenters. The summed E-state index contributed by atoms with van der Waals surface area (Å²) in [6.07, 6.45) is 0. The van der Waals surface area contributed by atoms with E-state index in [1.165, 1.54) is 7.11 Å². The monoisotopic (exact) mass is 314 g/mol. The fourth-order valence-corrected chi connectivity index (χ4v) is 2.07. The lowest BCUT2D eigenvalue weighted by Crippen LogP contribution is -2.19. The topological polar surface area (TPSA) is 97.1 Å². The quantitative estimate of drug-likeness (QED) is 0.615. The maximum atomic E-state index is 11.8. The van der Waals surface area contributed by atoms with E-state index in [0.717, 1.165) is 0 Å². The van der Waals surface area contributed by atoms with Gasteiger partial charge in [0.05, 0.1) is 30.8 Å². The summed E-state index contributed by atoms with van der Waals surface area (Å²) in [7, 11) is 1.24. The molecule has 2 rings (SSSR count). The van der Waals surface area contributed by atoms with Gasteiger partial charge in [0.15, 0.2) is 11.7 Å².